The number of oxime groups is 1. The van der Waals surface area contributed by atoms with Crippen LogP contribution in [0, 0.1) is 23.7 Å². The van der Waals surface area contributed by atoms with Crippen LogP contribution >= 0.6 is 0 Å². The molecule has 17 nitrogen and oxygen atoms in total. The van der Waals surface area contributed by atoms with Crippen molar-refractivity contribution in [1.29, 1.82) is 0 Å². The summed E-state index contributed by atoms with van der Waals surface area (Å²) in [6, 6.07) is 12.2. The van der Waals surface area contributed by atoms with Gasteiger partial charge in [0.25, 0.3) is 11.8 Å². The third-order valence-corrected chi connectivity index (χ3v) is 12.4. The Labute approximate surface area is 421 Å². The molecule has 2 amide bonds. The highest BCUT2D eigenvalue weighted by atomic mass is 16.6. The average Bonchev–Trinajstić information content (AvgIpc) is 3.31. The zero-order valence-corrected chi connectivity index (χ0v) is 44.8. The number of carbonyl (C=O) groups is 7. The predicted molar refractivity (Wildman–Crippen MR) is 269 cm³/mol. The highest BCUT2D eigenvalue weighted by Gasteiger charge is 2.43. The second kappa shape index (κ2) is 28.3. The van der Waals surface area contributed by atoms with Crippen LogP contribution in [0.1, 0.15) is 113 Å². The van der Waals surface area contributed by atoms with Gasteiger partial charge in [0.15, 0.2) is 24.1 Å². The number of amides is 2. The van der Waals surface area contributed by atoms with Gasteiger partial charge in [0, 0.05) is 27.6 Å². The van der Waals surface area contributed by atoms with Gasteiger partial charge in [0.2, 0.25) is 0 Å². The molecule has 71 heavy (non-hydrogen) atoms. The number of cyclic esters (lactones) is 5. The van der Waals surface area contributed by atoms with Crippen LogP contribution in [0.5, 0.6) is 0 Å². The van der Waals surface area contributed by atoms with Crippen molar-refractivity contribution in [3.05, 3.63) is 71.8 Å². The molecular weight excluding hydrogens is 911 g/mol. The van der Waals surface area contributed by atoms with Gasteiger partial charge >= 0.3 is 29.8 Å². The van der Waals surface area contributed by atoms with Gasteiger partial charge in [-0.1, -0.05) is 121 Å². The standard InChI is InChI=1S/C54H81N5O12/c1-16-67-55-47-37(10)68-50(62)41(27-33(2)3)56(12)45(31-39-23-19-17-20-24-39)54(66)71-53(65)44(30-36(8)9)58(14)48(60)38(11)69-51(63)43(29-35(6)7)59(15)49(61)46(32-40-25-21-18-22-26-40)70-52(64)42(57(47)13)28-34(4)5/h17-26,33-38,41-46H,16,27-32H2,1-15H3/b55-47-/t37-,38-,41+,42+,43+,44+,45+,46-/m0/s1. The van der Waals surface area contributed by atoms with Gasteiger partial charge < -0.3 is 38.5 Å². The lowest BCUT2D eigenvalue weighted by molar-refractivity contribution is -0.174. The third kappa shape index (κ3) is 17.8. The molecular formula is C54H81N5O12. The molecule has 0 spiro atoms. The molecule has 1 saturated heterocycles. The maximum atomic E-state index is 14.8. The van der Waals surface area contributed by atoms with Crippen molar-refractivity contribution in [2.24, 2.45) is 28.8 Å². The summed E-state index contributed by atoms with van der Waals surface area (Å²) in [5, 5.41) is 4.36. The number of rotatable bonds is 14. The Morgan fingerprint density at radius 2 is 0.887 bits per heavy atom. The van der Waals surface area contributed by atoms with Crippen LogP contribution in [0.2, 0.25) is 0 Å². The number of nitrogens with zero attached hydrogens (tertiary/aromatic N) is 5. The van der Waals surface area contributed by atoms with Gasteiger partial charge in [-0.3, -0.25) is 19.3 Å². The van der Waals surface area contributed by atoms with E-state index in [-0.39, 0.29) is 74.6 Å². The number of amidine groups is 1. The summed E-state index contributed by atoms with van der Waals surface area (Å²) in [5.74, 6) is -6.22. The molecule has 0 N–H and O–H groups in total. The molecule has 0 unspecified atom stereocenters. The lowest BCUT2D eigenvalue weighted by Gasteiger charge is -2.36. The topological polar surface area (TPSA) is 191 Å². The minimum atomic E-state index is -1.45. The van der Waals surface area contributed by atoms with E-state index < -0.39 is 90.2 Å². The van der Waals surface area contributed by atoms with E-state index in [2.05, 4.69) is 5.16 Å². The molecule has 17 heteroatoms. The fourth-order valence-electron chi connectivity index (χ4n) is 8.51. The van der Waals surface area contributed by atoms with Gasteiger partial charge in [0.05, 0.1) is 0 Å². The minimum absolute atomic E-state index is 0.0377. The van der Waals surface area contributed by atoms with Crippen molar-refractivity contribution in [1.82, 2.24) is 19.6 Å². The fourth-order valence-corrected chi connectivity index (χ4v) is 8.51. The number of likely N-dealkylation sites (N-methyl/N-ethyl adjacent to an activating group) is 4. The van der Waals surface area contributed by atoms with E-state index in [1.807, 2.05) is 91.8 Å². The Kier molecular flexibility index (Phi) is 23.7. The van der Waals surface area contributed by atoms with Crippen molar-refractivity contribution in [3.8, 4) is 0 Å². The Morgan fingerprint density at radius 1 is 0.493 bits per heavy atom. The number of hydrogen-bond acceptors (Lipinski definition) is 14. The summed E-state index contributed by atoms with van der Waals surface area (Å²) in [5.41, 5.74) is 1.40. The molecule has 1 aliphatic heterocycles. The average molecular weight is 992 g/mol. The summed E-state index contributed by atoms with van der Waals surface area (Å²) in [6.07, 6.45) is -3.39. The van der Waals surface area contributed by atoms with Gasteiger partial charge in [-0.05, 0) is 94.7 Å². The molecule has 394 valence electrons. The van der Waals surface area contributed by atoms with E-state index in [0.29, 0.717) is 5.56 Å². The zero-order chi connectivity index (χ0) is 53.3. The Morgan fingerprint density at radius 3 is 1.38 bits per heavy atom. The van der Waals surface area contributed by atoms with Crippen molar-refractivity contribution >= 4 is 47.5 Å². The molecule has 1 aliphatic rings. The number of benzene rings is 2. The second-order valence-corrected chi connectivity index (χ2v) is 20.3. The summed E-state index contributed by atoms with van der Waals surface area (Å²) in [6.45, 7) is 19.9. The number of esters is 5. The lowest BCUT2D eigenvalue weighted by atomic mass is 9.98. The van der Waals surface area contributed by atoms with E-state index in [9.17, 15) is 33.6 Å². The summed E-state index contributed by atoms with van der Waals surface area (Å²) >= 11 is 0. The molecule has 0 saturated carbocycles. The minimum Gasteiger partial charge on any atom is -0.453 e. The number of hydrogen-bond donors (Lipinski definition) is 0. The smallest absolute Gasteiger partial charge is 0.336 e. The lowest BCUT2D eigenvalue weighted by Crippen LogP contribution is -2.55. The Hall–Kier alpha value is -5.84. The van der Waals surface area contributed by atoms with Crippen LogP contribution in [0.4, 0.5) is 0 Å². The van der Waals surface area contributed by atoms with Crippen LogP contribution in [-0.4, -0.2) is 150 Å². The van der Waals surface area contributed by atoms with Gasteiger partial charge in [-0.25, -0.2) is 19.2 Å². The monoisotopic (exact) mass is 992 g/mol. The van der Waals surface area contributed by atoms with Crippen molar-refractivity contribution in [2.75, 3.05) is 34.8 Å². The van der Waals surface area contributed by atoms with E-state index in [1.54, 1.807) is 57.1 Å². The maximum absolute atomic E-state index is 14.8. The van der Waals surface area contributed by atoms with E-state index in [0.717, 1.165) is 10.5 Å². The first-order valence-electron chi connectivity index (χ1n) is 25.0. The third-order valence-electron chi connectivity index (χ3n) is 12.4. The SMILES string of the molecule is CCO/N=C1/[C@H](C)OC(=O)[C@@H](CC(C)C)N(C)[C@H](Cc2ccccc2)C(=O)OC(=O)[C@@H](CC(C)C)N(C)C(=O)[C@H](C)OC(=O)[C@@H](CC(C)C)N(C)C(=O)[C@H](Cc2ccccc2)OC(=O)[C@@H](CC(C)C)N1C. The molecule has 8 atom stereocenters. The highest BCUT2D eigenvalue weighted by molar-refractivity contribution is 5.96. The molecule has 0 radical (unpaired) electrons. The molecule has 0 aliphatic carbocycles. The fraction of sp³-hybridized carbons (Fsp3) is 0.630. The first-order chi connectivity index (χ1) is 33.4. The summed E-state index contributed by atoms with van der Waals surface area (Å²) in [7, 11) is 5.98. The largest absolute Gasteiger partial charge is 0.453 e. The van der Waals surface area contributed by atoms with E-state index in [4.69, 9.17) is 23.8 Å². The summed E-state index contributed by atoms with van der Waals surface area (Å²) < 4.78 is 24.0. The molecule has 0 aromatic heterocycles. The molecule has 1 fully saturated rings. The molecule has 1 heterocycles. The molecule has 2 aromatic rings. The number of ether oxygens (including phenoxy) is 4. The Balaban J connectivity index is 2.32. The number of carbonyl (C=O) groups excluding carboxylic acids is 7. The molecule has 2 aromatic carbocycles. The van der Waals surface area contributed by atoms with Crippen LogP contribution in [0.3, 0.4) is 0 Å². The summed E-state index contributed by atoms with van der Waals surface area (Å²) in [4.78, 5) is 112. The van der Waals surface area contributed by atoms with E-state index >= 15 is 0 Å². The Bertz CT molecular complexity index is 2100. The highest BCUT2D eigenvalue weighted by Crippen LogP contribution is 2.25. The predicted octanol–water partition coefficient (Wildman–Crippen LogP) is 6.49. The van der Waals surface area contributed by atoms with Crippen LogP contribution < -0.4 is 0 Å². The van der Waals surface area contributed by atoms with Gasteiger partial charge in [0.1, 0.15) is 36.8 Å². The van der Waals surface area contributed by atoms with Crippen molar-refractivity contribution < 1.29 is 57.3 Å². The van der Waals surface area contributed by atoms with Gasteiger partial charge in [-0.15, -0.1) is 0 Å². The molecule has 3 rings (SSSR count). The van der Waals surface area contributed by atoms with Gasteiger partial charge in [-0.2, -0.15) is 0 Å². The normalized spacial score (nSPS) is 25.4. The quantitative estimate of drug-likeness (QED) is 0.0864. The second-order valence-electron chi connectivity index (χ2n) is 20.3. The first-order valence-corrected chi connectivity index (χ1v) is 25.0. The van der Waals surface area contributed by atoms with Crippen LogP contribution in [-0.2, 0) is 70.2 Å². The van der Waals surface area contributed by atoms with Crippen molar-refractivity contribution in [3.63, 3.8) is 0 Å². The maximum Gasteiger partial charge on any atom is 0.336 e. The zero-order valence-electron chi connectivity index (χ0n) is 44.8. The first kappa shape index (κ1) is 59.5. The van der Waals surface area contributed by atoms with Crippen LogP contribution in [0.15, 0.2) is 65.8 Å². The van der Waals surface area contributed by atoms with Crippen LogP contribution in [0.25, 0.3) is 0 Å². The van der Waals surface area contributed by atoms with E-state index in [1.165, 1.54) is 30.8 Å². The molecule has 0 bridgehead atoms. The van der Waals surface area contributed by atoms with Crippen molar-refractivity contribution in [2.45, 2.75) is 163 Å².